The van der Waals surface area contributed by atoms with Crippen LogP contribution in [0.15, 0.2) is 16.9 Å². The van der Waals surface area contributed by atoms with Crippen molar-refractivity contribution in [3.8, 4) is 0 Å². The molecule has 1 amide bonds. The highest BCUT2D eigenvalue weighted by Gasteiger charge is 2.16. The molecular formula is C10H15N3O2. The molecule has 1 aromatic heterocycles. The summed E-state index contributed by atoms with van der Waals surface area (Å²) in [6, 6.07) is 1.64. The van der Waals surface area contributed by atoms with Crippen molar-refractivity contribution in [1.29, 1.82) is 0 Å². The van der Waals surface area contributed by atoms with Crippen LogP contribution < -0.4 is 10.6 Å². The van der Waals surface area contributed by atoms with E-state index in [1.165, 1.54) is 6.26 Å². The molecule has 0 aromatic carbocycles. The number of amides is 1. The van der Waals surface area contributed by atoms with Gasteiger partial charge in [0, 0.05) is 12.5 Å². The van der Waals surface area contributed by atoms with Crippen LogP contribution in [-0.2, 0) is 4.79 Å². The summed E-state index contributed by atoms with van der Waals surface area (Å²) < 4.78 is 4.63. The molecule has 1 fully saturated rings. The molecule has 0 aliphatic carbocycles. The number of hydrogen-bond acceptors (Lipinski definition) is 4. The van der Waals surface area contributed by atoms with Gasteiger partial charge in [-0.05, 0) is 31.8 Å². The number of hydrogen-bond donors (Lipinski definition) is 2. The third kappa shape index (κ3) is 3.06. The van der Waals surface area contributed by atoms with E-state index in [0.29, 0.717) is 18.2 Å². The van der Waals surface area contributed by atoms with Gasteiger partial charge >= 0.3 is 0 Å². The number of nitrogens with one attached hydrogen (secondary N) is 2. The predicted molar refractivity (Wildman–Crippen MR) is 55.3 cm³/mol. The van der Waals surface area contributed by atoms with E-state index in [0.717, 1.165) is 25.9 Å². The van der Waals surface area contributed by atoms with Gasteiger partial charge in [0.1, 0.15) is 6.26 Å². The van der Waals surface area contributed by atoms with Gasteiger partial charge in [-0.25, -0.2) is 0 Å². The summed E-state index contributed by atoms with van der Waals surface area (Å²) in [6.45, 7) is 2.01. The van der Waals surface area contributed by atoms with E-state index in [1.807, 2.05) is 0 Å². The molecule has 2 heterocycles. The van der Waals surface area contributed by atoms with Gasteiger partial charge in [0.2, 0.25) is 5.91 Å². The molecule has 1 aliphatic heterocycles. The summed E-state index contributed by atoms with van der Waals surface area (Å²) in [5.74, 6) is 0.951. The normalized spacial score (nSPS) is 21.2. The van der Waals surface area contributed by atoms with E-state index in [1.54, 1.807) is 6.07 Å². The van der Waals surface area contributed by atoms with Gasteiger partial charge < -0.3 is 15.2 Å². The molecule has 0 spiro atoms. The Balaban J connectivity index is 1.76. The minimum absolute atomic E-state index is 0.0117. The Kier molecular flexibility index (Phi) is 3.34. The molecule has 5 heteroatoms. The van der Waals surface area contributed by atoms with Crippen molar-refractivity contribution in [1.82, 2.24) is 10.5 Å². The fourth-order valence-corrected chi connectivity index (χ4v) is 1.83. The molecule has 1 atom stereocenters. The highest BCUT2D eigenvalue weighted by Crippen LogP contribution is 2.14. The van der Waals surface area contributed by atoms with Gasteiger partial charge in [0.05, 0.1) is 0 Å². The molecule has 15 heavy (non-hydrogen) atoms. The van der Waals surface area contributed by atoms with Gasteiger partial charge in [-0.15, -0.1) is 0 Å². The summed E-state index contributed by atoms with van der Waals surface area (Å²) in [4.78, 5) is 11.6. The van der Waals surface area contributed by atoms with E-state index >= 15 is 0 Å². The first kappa shape index (κ1) is 10.2. The third-order valence-electron chi connectivity index (χ3n) is 2.58. The molecule has 2 N–H and O–H groups in total. The lowest BCUT2D eigenvalue weighted by Gasteiger charge is -2.21. The zero-order valence-corrected chi connectivity index (χ0v) is 8.53. The van der Waals surface area contributed by atoms with Crippen molar-refractivity contribution < 1.29 is 9.32 Å². The van der Waals surface area contributed by atoms with Gasteiger partial charge in [-0.2, -0.15) is 0 Å². The van der Waals surface area contributed by atoms with E-state index in [2.05, 4.69) is 20.3 Å². The van der Waals surface area contributed by atoms with Crippen molar-refractivity contribution in [2.45, 2.75) is 19.3 Å². The van der Waals surface area contributed by atoms with Gasteiger partial charge in [-0.1, -0.05) is 5.16 Å². The maximum Gasteiger partial charge on any atom is 0.225 e. The number of piperidine rings is 1. The molecule has 2 rings (SSSR count). The Morgan fingerprint density at radius 3 is 3.33 bits per heavy atom. The van der Waals surface area contributed by atoms with Crippen molar-refractivity contribution in [2.75, 3.05) is 18.4 Å². The number of carbonyl (C=O) groups excluding carboxylic acids is 1. The summed E-state index contributed by atoms with van der Waals surface area (Å²) in [5, 5.41) is 9.61. The molecular weight excluding hydrogens is 194 g/mol. The van der Waals surface area contributed by atoms with E-state index in [9.17, 15) is 4.79 Å². The fraction of sp³-hybridized carbons (Fsp3) is 0.600. The zero-order valence-electron chi connectivity index (χ0n) is 8.53. The first-order chi connectivity index (χ1) is 7.34. The maximum absolute atomic E-state index is 11.6. The first-order valence-corrected chi connectivity index (χ1v) is 5.25. The maximum atomic E-state index is 11.6. The van der Waals surface area contributed by atoms with E-state index in [4.69, 9.17) is 0 Å². The third-order valence-corrected chi connectivity index (χ3v) is 2.58. The lowest BCUT2D eigenvalue weighted by atomic mass is 9.96. The minimum atomic E-state index is 0.0117. The number of nitrogens with zero attached hydrogens (tertiary/aromatic N) is 1. The molecule has 1 saturated heterocycles. The lowest BCUT2D eigenvalue weighted by Crippen LogP contribution is -2.32. The van der Waals surface area contributed by atoms with Gasteiger partial charge in [-0.3, -0.25) is 4.79 Å². The Morgan fingerprint density at radius 1 is 1.73 bits per heavy atom. The topological polar surface area (TPSA) is 67.2 Å². The van der Waals surface area contributed by atoms with Crippen LogP contribution in [0.5, 0.6) is 0 Å². The monoisotopic (exact) mass is 209 g/mol. The van der Waals surface area contributed by atoms with E-state index in [-0.39, 0.29) is 5.91 Å². The Hall–Kier alpha value is -1.36. The first-order valence-electron chi connectivity index (χ1n) is 5.25. The molecule has 5 nitrogen and oxygen atoms in total. The second kappa shape index (κ2) is 4.93. The van der Waals surface area contributed by atoms with Crippen LogP contribution in [-0.4, -0.2) is 24.2 Å². The van der Waals surface area contributed by atoms with Gasteiger partial charge in [0.25, 0.3) is 0 Å². The number of anilines is 1. The number of carbonyl (C=O) groups is 1. The lowest BCUT2D eigenvalue weighted by molar-refractivity contribution is -0.117. The molecule has 82 valence electrons. The zero-order chi connectivity index (χ0) is 10.5. The van der Waals surface area contributed by atoms with Crippen LogP contribution in [0.4, 0.5) is 5.82 Å². The largest absolute Gasteiger partial charge is 0.363 e. The Morgan fingerprint density at radius 2 is 2.67 bits per heavy atom. The van der Waals surface area contributed by atoms with Crippen LogP contribution >= 0.6 is 0 Å². The summed E-state index contributed by atoms with van der Waals surface area (Å²) >= 11 is 0. The molecule has 0 radical (unpaired) electrons. The molecule has 1 aromatic rings. The van der Waals surface area contributed by atoms with Crippen molar-refractivity contribution in [3.05, 3.63) is 12.3 Å². The van der Waals surface area contributed by atoms with Crippen LogP contribution in [0.1, 0.15) is 19.3 Å². The van der Waals surface area contributed by atoms with E-state index < -0.39 is 0 Å². The predicted octanol–water partition coefficient (Wildman–Crippen LogP) is 1.00. The molecule has 0 bridgehead atoms. The van der Waals surface area contributed by atoms with Gasteiger partial charge in [0.15, 0.2) is 5.82 Å². The van der Waals surface area contributed by atoms with Crippen LogP contribution in [0.3, 0.4) is 0 Å². The van der Waals surface area contributed by atoms with Crippen molar-refractivity contribution in [3.63, 3.8) is 0 Å². The second-order valence-corrected chi connectivity index (χ2v) is 3.85. The second-order valence-electron chi connectivity index (χ2n) is 3.85. The average molecular weight is 209 g/mol. The molecule has 0 saturated carbocycles. The smallest absolute Gasteiger partial charge is 0.225 e. The number of rotatable bonds is 3. The molecule has 1 unspecified atom stereocenters. The van der Waals surface area contributed by atoms with Crippen LogP contribution in [0.2, 0.25) is 0 Å². The average Bonchev–Trinajstić information content (AvgIpc) is 2.71. The van der Waals surface area contributed by atoms with Crippen LogP contribution in [0, 0.1) is 5.92 Å². The highest BCUT2D eigenvalue weighted by molar-refractivity contribution is 5.89. The summed E-state index contributed by atoms with van der Waals surface area (Å²) in [6.07, 6.45) is 4.28. The summed E-state index contributed by atoms with van der Waals surface area (Å²) in [5.41, 5.74) is 0. The Bertz CT molecular complexity index is 304. The quantitative estimate of drug-likeness (QED) is 0.779. The van der Waals surface area contributed by atoms with Crippen molar-refractivity contribution in [2.24, 2.45) is 5.92 Å². The molecule has 1 aliphatic rings. The standard InChI is InChI=1S/C10H15N3O2/c14-10(12-9-3-5-15-13-9)6-8-2-1-4-11-7-8/h3,5,8,11H,1-2,4,6-7H2,(H,12,13,14). The minimum Gasteiger partial charge on any atom is -0.363 e. The van der Waals surface area contributed by atoms with Crippen LogP contribution in [0.25, 0.3) is 0 Å². The highest BCUT2D eigenvalue weighted by atomic mass is 16.5. The summed E-state index contributed by atoms with van der Waals surface area (Å²) in [7, 11) is 0. The SMILES string of the molecule is O=C(CC1CCCNC1)Nc1ccon1. The van der Waals surface area contributed by atoms with Crippen molar-refractivity contribution >= 4 is 11.7 Å². The Labute approximate surface area is 88.2 Å². The number of aromatic nitrogens is 1. The fourth-order valence-electron chi connectivity index (χ4n) is 1.83.